The van der Waals surface area contributed by atoms with Crippen molar-refractivity contribution in [3.8, 4) is 5.69 Å². The van der Waals surface area contributed by atoms with Crippen LogP contribution in [0.25, 0.3) is 5.69 Å². The van der Waals surface area contributed by atoms with Crippen molar-refractivity contribution in [2.24, 2.45) is 0 Å². The van der Waals surface area contributed by atoms with E-state index in [2.05, 4.69) is 15.5 Å². The largest absolute Gasteiger partial charge is 0.416 e. The number of ether oxygens (including phenoxy) is 1. The third-order valence-corrected chi connectivity index (χ3v) is 5.80. The second-order valence-corrected chi connectivity index (χ2v) is 7.32. The Morgan fingerprint density at radius 1 is 1.07 bits per heavy atom. The molecule has 2 heterocycles. The van der Waals surface area contributed by atoms with Crippen LogP contribution in [0.4, 0.5) is 13.2 Å². The molecule has 4 rings (SSSR count). The zero-order valence-corrected chi connectivity index (χ0v) is 15.0. The molecule has 27 heavy (non-hydrogen) atoms. The maximum atomic E-state index is 13.2. The van der Waals surface area contributed by atoms with Crippen LogP contribution in [0.3, 0.4) is 0 Å². The number of quaternary nitrogens is 1. The summed E-state index contributed by atoms with van der Waals surface area (Å²) in [6.07, 6.45) is 0.766. The molecule has 0 atom stereocenters. The molecule has 146 valence electrons. The Hall–Kier alpha value is -2.00. The van der Waals surface area contributed by atoms with Crippen molar-refractivity contribution >= 4 is 0 Å². The van der Waals surface area contributed by atoms with E-state index in [0.717, 1.165) is 57.3 Å². The van der Waals surface area contributed by atoms with Crippen LogP contribution in [-0.2, 0) is 16.5 Å². The number of alkyl halides is 3. The first-order valence-electron chi connectivity index (χ1n) is 9.40. The summed E-state index contributed by atoms with van der Waals surface area (Å²) in [5.74, 6) is 0.665. The number of tetrazole rings is 1. The Balaban J connectivity index is 1.77. The van der Waals surface area contributed by atoms with E-state index in [1.54, 1.807) is 6.07 Å². The molecular weight excluding hydrogens is 359 g/mol. The minimum absolute atomic E-state index is 0.278. The third kappa shape index (κ3) is 3.45. The van der Waals surface area contributed by atoms with Crippen LogP contribution in [-0.4, -0.2) is 46.5 Å². The number of aromatic nitrogens is 4. The van der Waals surface area contributed by atoms with Gasteiger partial charge in [0.15, 0.2) is 5.54 Å². The molecule has 1 saturated carbocycles. The van der Waals surface area contributed by atoms with Crippen molar-refractivity contribution in [2.45, 2.75) is 43.8 Å². The number of hydrogen-bond acceptors (Lipinski definition) is 4. The summed E-state index contributed by atoms with van der Waals surface area (Å²) in [7, 11) is 0. The smallest absolute Gasteiger partial charge is 0.370 e. The van der Waals surface area contributed by atoms with E-state index in [4.69, 9.17) is 4.74 Å². The van der Waals surface area contributed by atoms with Crippen molar-refractivity contribution in [2.75, 3.05) is 26.3 Å². The summed E-state index contributed by atoms with van der Waals surface area (Å²) in [5, 5.41) is 12.2. The van der Waals surface area contributed by atoms with Crippen LogP contribution in [0.2, 0.25) is 0 Å². The Morgan fingerprint density at radius 2 is 1.81 bits per heavy atom. The summed E-state index contributed by atoms with van der Waals surface area (Å²) in [6, 6.07) is 5.21. The number of hydrogen-bond donors (Lipinski definition) is 1. The number of benzene rings is 1. The predicted octanol–water partition coefficient (Wildman–Crippen LogP) is 1.76. The monoisotopic (exact) mass is 382 g/mol. The van der Waals surface area contributed by atoms with Crippen LogP contribution in [0.1, 0.15) is 43.5 Å². The van der Waals surface area contributed by atoms with Gasteiger partial charge in [0.25, 0.3) is 0 Å². The number of halogens is 3. The first kappa shape index (κ1) is 18.4. The maximum absolute atomic E-state index is 13.2. The Morgan fingerprint density at radius 3 is 2.52 bits per heavy atom. The highest BCUT2D eigenvalue weighted by molar-refractivity contribution is 5.37. The predicted molar refractivity (Wildman–Crippen MR) is 90.4 cm³/mol. The van der Waals surface area contributed by atoms with Gasteiger partial charge in [-0.1, -0.05) is 12.5 Å². The Bertz CT molecular complexity index is 779. The molecule has 6 nitrogen and oxygen atoms in total. The molecule has 1 aromatic heterocycles. The van der Waals surface area contributed by atoms with Gasteiger partial charge in [0, 0.05) is 12.8 Å². The van der Waals surface area contributed by atoms with E-state index in [1.807, 2.05) is 0 Å². The van der Waals surface area contributed by atoms with Crippen LogP contribution >= 0.6 is 0 Å². The van der Waals surface area contributed by atoms with Gasteiger partial charge in [-0.2, -0.15) is 17.9 Å². The molecule has 1 aliphatic carbocycles. The lowest BCUT2D eigenvalue weighted by Gasteiger charge is -2.43. The summed E-state index contributed by atoms with van der Waals surface area (Å²) < 4.78 is 46.5. The first-order valence-corrected chi connectivity index (χ1v) is 9.40. The van der Waals surface area contributed by atoms with Crippen molar-refractivity contribution in [3.05, 3.63) is 35.7 Å². The molecule has 1 saturated heterocycles. The van der Waals surface area contributed by atoms with Gasteiger partial charge in [-0.3, -0.25) is 0 Å². The van der Waals surface area contributed by atoms with Gasteiger partial charge in [-0.25, -0.2) is 0 Å². The highest BCUT2D eigenvalue weighted by atomic mass is 19.4. The number of nitrogens with one attached hydrogen (secondary N) is 1. The van der Waals surface area contributed by atoms with Gasteiger partial charge in [-0.05, 0) is 41.5 Å². The summed E-state index contributed by atoms with van der Waals surface area (Å²) in [4.78, 5) is 1.37. The average molecular weight is 382 g/mol. The van der Waals surface area contributed by atoms with Gasteiger partial charge in [0.1, 0.15) is 13.1 Å². The second kappa shape index (κ2) is 7.20. The van der Waals surface area contributed by atoms with Crippen molar-refractivity contribution in [1.29, 1.82) is 0 Å². The Labute approximate surface area is 155 Å². The molecule has 0 spiro atoms. The molecule has 0 bridgehead atoms. The number of morpholine rings is 1. The van der Waals surface area contributed by atoms with E-state index in [0.29, 0.717) is 24.7 Å². The minimum Gasteiger partial charge on any atom is -0.370 e. The van der Waals surface area contributed by atoms with Crippen LogP contribution in [0.5, 0.6) is 0 Å². The van der Waals surface area contributed by atoms with Crippen molar-refractivity contribution < 1.29 is 22.8 Å². The molecule has 9 heteroatoms. The van der Waals surface area contributed by atoms with Gasteiger partial charge in [-0.15, -0.1) is 5.10 Å². The van der Waals surface area contributed by atoms with E-state index in [-0.39, 0.29) is 5.54 Å². The third-order valence-electron chi connectivity index (χ3n) is 5.80. The fraction of sp³-hybridized carbons (Fsp3) is 0.611. The molecule has 0 amide bonds. The molecule has 2 aromatic rings. The summed E-state index contributed by atoms with van der Waals surface area (Å²) in [5.41, 5.74) is -0.625. The molecule has 1 aromatic carbocycles. The average Bonchev–Trinajstić information content (AvgIpc) is 3.19. The second-order valence-electron chi connectivity index (χ2n) is 7.32. The lowest BCUT2D eigenvalue weighted by molar-refractivity contribution is -0.970. The van der Waals surface area contributed by atoms with Crippen LogP contribution in [0, 0.1) is 0 Å². The quantitative estimate of drug-likeness (QED) is 0.879. The molecule has 2 aliphatic rings. The molecule has 0 radical (unpaired) electrons. The highest BCUT2D eigenvalue weighted by Gasteiger charge is 2.48. The molecule has 1 aliphatic heterocycles. The lowest BCUT2D eigenvalue weighted by atomic mass is 9.79. The minimum atomic E-state index is -4.40. The van der Waals surface area contributed by atoms with Gasteiger partial charge < -0.3 is 9.64 Å². The van der Waals surface area contributed by atoms with E-state index in [9.17, 15) is 13.2 Å². The Kier molecular flexibility index (Phi) is 4.90. The first-order chi connectivity index (χ1) is 13.0. The molecule has 1 N–H and O–H groups in total. The fourth-order valence-electron chi connectivity index (χ4n) is 4.46. The summed E-state index contributed by atoms with van der Waals surface area (Å²) in [6.45, 7) is 3.08. The van der Waals surface area contributed by atoms with Gasteiger partial charge in [0.05, 0.1) is 24.5 Å². The summed E-state index contributed by atoms with van der Waals surface area (Å²) >= 11 is 0. The number of nitrogens with zero attached hydrogens (tertiary/aromatic N) is 4. The lowest BCUT2D eigenvalue weighted by Crippen LogP contribution is -3.20. The highest BCUT2D eigenvalue weighted by Crippen LogP contribution is 2.35. The van der Waals surface area contributed by atoms with Crippen molar-refractivity contribution in [3.63, 3.8) is 0 Å². The van der Waals surface area contributed by atoms with Crippen molar-refractivity contribution in [1.82, 2.24) is 20.2 Å². The zero-order chi connectivity index (χ0) is 18.9. The van der Waals surface area contributed by atoms with Crippen LogP contribution in [0.15, 0.2) is 24.3 Å². The standard InChI is InChI=1S/C18H22F3N5O/c19-18(20,21)14-5-4-6-15(13-14)26-16(22-23-24-26)17(7-2-1-3-8-17)25-9-11-27-12-10-25/h4-6,13H,1-3,7-12H2/p+1. The zero-order valence-electron chi connectivity index (χ0n) is 15.0. The van der Waals surface area contributed by atoms with Gasteiger partial charge in [0.2, 0.25) is 5.82 Å². The molecular formula is C18H23F3N5O+. The fourth-order valence-corrected chi connectivity index (χ4v) is 4.46. The van der Waals surface area contributed by atoms with Gasteiger partial charge >= 0.3 is 6.18 Å². The molecule has 0 unspecified atom stereocenters. The SMILES string of the molecule is FC(F)(F)c1cccc(-n2nnnc2C2([NH+]3CCOCC3)CCCCC2)c1. The maximum Gasteiger partial charge on any atom is 0.416 e. The van der Waals surface area contributed by atoms with Crippen LogP contribution < -0.4 is 4.90 Å². The molecule has 2 fully saturated rings. The van der Waals surface area contributed by atoms with E-state index >= 15 is 0 Å². The normalized spacial score (nSPS) is 21.3. The number of rotatable bonds is 3. The topological polar surface area (TPSA) is 57.3 Å². The van der Waals surface area contributed by atoms with E-state index < -0.39 is 11.7 Å². The van der Waals surface area contributed by atoms with E-state index in [1.165, 1.54) is 15.6 Å².